The maximum absolute atomic E-state index is 13.3. The molecular weight excluding hydrogens is 496 g/mol. The van der Waals surface area contributed by atoms with Crippen LogP contribution in [-0.4, -0.2) is 88.5 Å². The number of piperidine rings is 1. The van der Waals surface area contributed by atoms with Gasteiger partial charge in [0.25, 0.3) is 11.8 Å². The Hall–Kier alpha value is -2.95. The van der Waals surface area contributed by atoms with Gasteiger partial charge in [-0.15, -0.1) is 0 Å². The van der Waals surface area contributed by atoms with Crippen LogP contribution in [0.2, 0.25) is 5.02 Å². The Labute approximate surface area is 222 Å². The number of ether oxygens (including phenoxy) is 1. The van der Waals surface area contributed by atoms with Crippen molar-refractivity contribution in [2.45, 2.75) is 51.7 Å². The van der Waals surface area contributed by atoms with Crippen LogP contribution in [0.3, 0.4) is 0 Å². The fourth-order valence-corrected chi connectivity index (χ4v) is 4.80. The summed E-state index contributed by atoms with van der Waals surface area (Å²) in [5.41, 5.74) is 0.652. The SMILES string of the molecule is CC(C)N1CCC(NC(=O)c2cc(C(=O)N3CCCOCC3)cn2CC(=O)Nc2ccc(Cl)cn2)CC1. The van der Waals surface area contributed by atoms with Gasteiger partial charge in [-0.05, 0) is 51.3 Å². The lowest BCUT2D eigenvalue weighted by molar-refractivity contribution is -0.116. The number of carbonyl (C=O) groups excluding carboxylic acids is 3. The van der Waals surface area contributed by atoms with Crippen LogP contribution in [0.4, 0.5) is 5.82 Å². The average Bonchev–Trinajstić information content (AvgIpc) is 3.10. The number of carbonyl (C=O) groups is 3. The van der Waals surface area contributed by atoms with Crippen molar-refractivity contribution in [3.8, 4) is 0 Å². The molecule has 0 aromatic carbocycles. The first-order valence-electron chi connectivity index (χ1n) is 12.8. The molecule has 3 amide bonds. The molecule has 2 aromatic heterocycles. The largest absolute Gasteiger partial charge is 0.380 e. The number of hydrogen-bond donors (Lipinski definition) is 2. The van der Waals surface area contributed by atoms with Crippen LogP contribution in [0.15, 0.2) is 30.6 Å². The summed E-state index contributed by atoms with van der Waals surface area (Å²) in [6.07, 6.45) is 5.49. The van der Waals surface area contributed by atoms with Gasteiger partial charge in [0.15, 0.2) is 0 Å². The molecule has 0 atom stereocenters. The molecule has 10 nitrogen and oxygen atoms in total. The Bertz CT molecular complexity index is 1090. The van der Waals surface area contributed by atoms with Crippen LogP contribution in [-0.2, 0) is 16.1 Å². The van der Waals surface area contributed by atoms with Crippen molar-refractivity contribution < 1.29 is 19.1 Å². The second kappa shape index (κ2) is 12.5. The molecule has 0 bridgehead atoms. The third kappa shape index (κ3) is 7.30. The van der Waals surface area contributed by atoms with Gasteiger partial charge in [-0.2, -0.15) is 0 Å². The number of aromatic nitrogens is 2. The van der Waals surface area contributed by atoms with Crippen LogP contribution in [0.25, 0.3) is 0 Å². The topological polar surface area (TPSA) is 109 Å². The Balaban J connectivity index is 1.50. The zero-order valence-corrected chi connectivity index (χ0v) is 22.2. The number of pyridine rings is 1. The Morgan fingerprint density at radius 3 is 2.62 bits per heavy atom. The van der Waals surface area contributed by atoms with Crippen LogP contribution in [0.1, 0.15) is 54.0 Å². The van der Waals surface area contributed by atoms with Crippen molar-refractivity contribution in [2.24, 2.45) is 0 Å². The van der Waals surface area contributed by atoms with E-state index in [1.807, 2.05) is 0 Å². The van der Waals surface area contributed by atoms with E-state index in [-0.39, 0.29) is 36.0 Å². The molecule has 200 valence electrons. The molecule has 11 heteroatoms. The van der Waals surface area contributed by atoms with Crippen LogP contribution >= 0.6 is 11.6 Å². The quantitative estimate of drug-likeness (QED) is 0.569. The highest BCUT2D eigenvalue weighted by Gasteiger charge is 2.26. The lowest BCUT2D eigenvalue weighted by Gasteiger charge is -2.34. The van der Waals surface area contributed by atoms with Crippen molar-refractivity contribution in [1.82, 2.24) is 24.7 Å². The van der Waals surface area contributed by atoms with E-state index in [2.05, 4.69) is 34.4 Å². The van der Waals surface area contributed by atoms with Gasteiger partial charge in [0.2, 0.25) is 5.91 Å². The first-order valence-corrected chi connectivity index (χ1v) is 13.2. The number of hydrogen-bond acceptors (Lipinski definition) is 6. The summed E-state index contributed by atoms with van der Waals surface area (Å²) in [5, 5.41) is 6.29. The fourth-order valence-electron chi connectivity index (χ4n) is 4.69. The molecule has 2 fully saturated rings. The molecule has 0 radical (unpaired) electrons. The zero-order valence-electron chi connectivity index (χ0n) is 21.4. The second-order valence-electron chi connectivity index (χ2n) is 9.79. The van der Waals surface area contributed by atoms with Crippen molar-refractivity contribution in [1.29, 1.82) is 0 Å². The molecule has 2 aliphatic rings. The molecule has 4 rings (SSSR count). The minimum absolute atomic E-state index is 0.0415. The number of halogens is 1. The third-order valence-corrected chi connectivity index (χ3v) is 7.01. The Kier molecular flexibility index (Phi) is 9.18. The lowest BCUT2D eigenvalue weighted by atomic mass is 10.0. The fraction of sp³-hybridized carbons (Fsp3) is 0.538. The highest BCUT2D eigenvalue weighted by atomic mass is 35.5. The molecular formula is C26H35ClN6O4. The molecule has 4 heterocycles. The highest BCUT2D eigenvalue weighted by molar-refractivity contribution is 6.30. The van der Waals surface area contributed by atoms with E-state index in [0.717, 1.165) is 32.4 Å². The van der Waals surface area contributed by atoms with E-state index >= 15 is 0 Å². The predicted octanol–water partition coefficient (Wildman–Crippen LogP) is 2.64. The van der Waals surface area contributed by atoms with Crippen LogP contribution in [0, 0.1) is 0 Å². The van der Waals surface area contributed by atoms with E-state index in [4.69, 9.17) is 16.3 Å². The summed E-state index contributed by atoms with van der Waals surface area (Å²) in [6.45, 7) is 8.21. The zero-order chi connectivity index (χ0) is 26.4. The number of nitrogens with zero attached hydrogens (tertiary/aromatic N) is 4. The number of nitrogens with one attached hydrogen (secondary N) is 2. The van der Waals surface area contributed by atoms with E-state index in [9.17, 15) is 14.4 Å². The Morgan fingerprint density at radius 1 is 1.14 bits per heavy atom. The number of likely N-dealkylation sites (tertiary alicyclic amines) is 1. The van der Waals surface area contributed by atoms with Crippen molar-refractivity contribution >= 4 is 35.1 Å². The van der Waals surface area contributed by atoms with E-state index in [1.54, 1.807) is 29.3 Å². The molecule has 0 unspecified atom stereocenters. The monoisotopic (exact) mass is 530 g/mol. The minimum Gasteiger partial charge on any atom is -0.380 e. The van der Waals surface area contributed by atoms with Crippen molar-refractivity contribution in [3.63, 3.8) is 0 Å². The number of amides is 3. The van der Waals surface area contributed by atoms with Crippen LogP contribution < -0.4 is 10.6 Å². The Morgan fingerprint density at radius 2 is 1.92 bits per heavy atom. The lowest BCUT2D eigenvalue weighted by Crippen LogP contribution is -2.47. The summed E-state index contributed by atoms with van der Waals surface area (Å²) in [7, 11) is 0. The first-order chi connectivity index (χ1) is 17.8. The summed E-state index contributed by atoms with van der Waals surface area (Å²) in [6, 6.07) is 5.33. The maximum atomic E-state index is 13.3. The van der Waals surface area contributed by atoms with E-state index in [0.29, 0.717) is 48.7 Å². The van der Waals surface area contributed by atoms with Gasteiger partial charge in [0.05, 0.1) is 17.2 Å². The molecule has 2 aliphatic heterocycles. The molecule has 0 spiro atoms. The van der Waals surface area contributed by atoms with E-state index in [1.165, 1.54) is 10.8 Å². The normalized spacial score (nSPS) is 17.5. The van der Waals surface area contributed by atoms with Gasteiger partial charge < -0.3 is 29.7 Å². The molecule has 2 N–H and O–H groups in total. The summed E-state index contributed by atoms with van der Waals surface area (Å²) in [4.78, 5) is 47.6. The molecule has 37 heavy (non-hydrogen) atoms. The standard InChI is InChI=1S/C26H35ClN6O4/c1-18(2)31-9-6-21(7-10-31)29-25(35)22-14-19(26(36)32-8-3-12-37-13-11-32)16-33(22)17-24(34)30-23-5-4-20(27)15-28-23/h4-5,14-16,18,21H,3,6-13,17H2,1-2H3,(H,29,35)(H,28,30,34). The molecule has 0 saturated carbocycles. The predicted molar refractivity (Wildman–Crippen MR) is 141 cm³/mol. The number of anilines is 1. The molecule has 0 aliphatic carbocycles. The van der Waals surface area contributed by atoms with Gasteiger partial charge in [-0.25, -0.2) is 4.98 Å². The van der Waals surface area contributed by atoms with Gasteiger partial charge in [-0.1, -0.05) is 11.6 Å². The smallest absolute Gasteiger partial charge is 0.268 e. The van der Waals surface area contributed by atoms with E-state index < -0.39 is 0 Å². The third-order valence-electron chi connectivity index (χ3n) is 6.79. The van der Waals surface area contributed by atoms with Gasteiger partial charge in [0, 0.05) is 57.3 Å². The summed E-state index contributed by atoms with van der Waals surface area (Å²) >= 11 is 5.87. The second-order valence-corrected chi connectivity index (χ2v) is 10.2. The summed E-state index contributed by atoms with van der Waals surface area (Å²) in [5.74, 6) is -0.487. The maximum Gasteiger partial charge on any atom is 0.268 e. The van der Waals surface area contributed by atoms with Gasteiger partial charge >= 0.3 is 0 Å². The summed E-state index contributed by atoms with van der Waals surface area (Å²) < 4.78 is 7.00. The van der Waals surface area contributed by atoms with Crippen molar-refractivity contribution in [2.75, 3.05) is 44.7 Å². The van der Waals surface area contributed by atoms with Crippen molar-refractivity contribution in [3.05, 3.63) is 46.9 Å². The minimum atomic E-state index is -0.369. The number of rotatable bonds is 7. The van der Waals surface area contributed by atoms with Gasteiger partial charge in [0.1, 0.15) is 18.1 Å². The highest BCUT2D eigenvalue weighted by Crippen LogP contribution is 2.17. The van der Waals surface area contributed by atoms with Crippen LogP contribution in [0.5, 0.6) is 0 Å². The molecule has 2 saturated heterocycles. The first kappa shape index (κ1) is 27.1. The van der Waals surface area contributed by atoms with Gasteiger partial charge in [-0.3, -0.25) is 14.4 Å². The average molecular weight is 531 g/mol. The molecule has 2 aromatic rings.